The van der Waals surface area contributed by atoms with Gasteiger partial charge in [0.05, 0.1) is 0 Å². The Kier molecular flexibility index (Phi) is 2.15. The van der Waals surface area contributed by atoms with Gasteiger partial charge in [-0.25, -0.2) is 4.98 Å². The normalized spacial score (nSPS) is 21.1. The van der Waals surface area contributed by atoms with E-state index in [1.54, 1.807) is 0 Å². The highest BCUT2D eigenvalue weighted by atomic mass is 16.3. The lowest BCUT2D eigenvalue weighted by atomic mass is 9.89. The first-order valence-electron chi connectivity index (χ1n) is 4.79. The van der Waals surface area contributed by atoms with Gasteiger partial charge in [-0.15, -0.1) is 0 Å². The molecule has 0 fully saturated rings. The molecule has 4 heteroatoms. The first-order chi connectivity index (χ1) is 6.63. The molecule has 1 heterocycles. The molecule has 1 unspecified atom stereocenters. The summed E-state index contributed by atoms with van der Waals surface area (Å²) in [6.07, 6.45) is 1.19. The molecule has 14 heavy (non-hydrogen) atoms. The van der Waals surface area contributed by atoms with Crippen molar-refractivity contribution >= 4 is 5.78 Å². The van der Waals surface area contributed by atoms with Gasteiger partial charge in [0, 0.05) is 25.8 Å². The highest BCUT2D eigenvalue weighted by Crippen LogP contribution is 2.25. The number of Topliss-reactive ketones (excluding diaryl/α,β-unsaturated/α-hetero) is 1. The van der Waals surface area contributed by atoms with Crippen molar-refractivity contribution in [1.29, 1.82) is 0 Å². The summed E-state index contributed by atoms with van der Waals surface area (Å²) in [4.78, 5) is 15.9. The molecule has 1 aliphatic carbocycles. The maximum atomic E-state index is 11.6. The van der Waals surface area contributed by atoms with Crippen molar-refractivity contribution in [3.63, 3.8) is 0 Å². The van der Waals surface area contributed by atoms with Crippen LogP contribution >= 0.6 is 0 Å². The standard InChI is InChI=1S/C10H14N2O2/c1-6-11-10-8(12(6)2)3-7(5-13)4-9(10)14/h7,13H,3-5H2,1-2H3. The molecule has 1 aromatic heterocycles. The Balaban J connectivity index is 2.45. The molecule has 1 N–H and O–H groups in total. The van der Waals surface area contributed by atoms with E-state index in [0.29, 0.717) is 12.1 Å². The summed E-state index contributed by atoms with van der Waals surface area (Å²) < 4.78 is 1.94. The Morgan fingerprint density at radius 2 is 2.29 bits per heavy atom. The zero-order valence-electron chi connectivity index (χ0n) is 8.45. The maximum absolute atomic E-state index is 11.6. The van der Waals surface area contributed by atoms with E-state index < -0.39 is 0 Å². The number of ketones is 1. The minimum Gasteiger partial charge on any atom is -0.396 e. The topological polar surface area (TPSA) is 55.1 Å². The fraction of sp³-hybridized carbons (Fsp3) is 0.600. The van der Waals surface area contributed by atoms with E-state index in [-0.39, 0.29) is 18.3 Å². The Bertz CT molecular complexity index is 382. The van der Waals surface area contributed by atoms with Crippen LogP contribution in [0.15, 0.2) is 0 Å². The Labute approximate surface area is 82.6 Å². The van der Waals surface area contributed by atoms with Crippen molar-refractivity contribution in [1.82, 2.24) is 9.55 Å². The lowest BCUT2D eigenvalue weighted by Gasteiger charge is -2.19. The lowest BCUT2D eigenvalue weighted by Crippen LogP contribution is -2.23. The highest BCUT2D eigenvalue weighted by molar-refractivity contribution is 5.96. The molecule has 2 rings (SSSR count). The summed E-state index contributed by atoms with van der Waals surface area (Å²) in [5.74, 6) is 1.00. The quantitative estimate of drug-likeness (QED) is 0.707. The van der Waals surface area contributed by atoms with Gasteiger partial charge in [-0.1, -0.05) is 0 Å². The van der Waals surface area contributed by atoms with Crippen molar-refractivity contribution in [3.05, 3.63) is 17.2 Å². The van der Waals surface area contributed by atoms with E-state index in [0.717, 1.165) is 17.9 Å². The van der Waals surface area contributed by atoms with Gasteiger partial charge in [-0.05, 0) is 19.3 Å². The van der Waals surface area contributed by atoms with Crippen molar-refractivity contribution in [3.8, 4) is 0 Å². The van der Waals surface area contributed by atoms with Crippen LogP contribution in [0.25, 0.3) is 0 Å². The van der Waals surface area contributed by atoms with Crippen molar-refractivity contribution in [2.45, 2.75) is 19.8 Å². The van der Waals surface area contributed by atoms with Crippen LogP contribution in [0.1, 0.15) is 28.4 Å². The zero-order chi connectivity index (χ0) is 10.3. The Hall–Kier alpha value is -1.16. The van der Waals surface area contributed by atoms with Crippen LogP contribution in [-0.4, -0.2) is 27.0 Å². The van der Waals surface area contributed by atoms with Gasteiger partial charge in [0.2, 0.25) is 0 Å². The SMILES string of the molecule is Cc1nc2c(n1C)CC(CO)CC2=O. The van der Waals surface area contributed by atoms with Crippen molar-refractivity contribution < 1.29 is 9.90 Å². The molecule has 1 aromatic rings. The molecule has 0 saturated heterocycles. The van der Waals surface area contributed by atoms with Gasteiger partial charge in [-0.3, -0.25) is 4.79 Å². The maximum Gasteiger partial charge on any atom is 0.183 e. The summed E-state index contributed by atoms with van der Waals surface area (Å²) in [5.41, 5.74) is 1.58. The number of aliphatic hydroxyl groups is 1. The van der Waals surface area contributed by atoms with Crippen LogP contribution in [0.2, 0.25) is 0 Å². The summed E-state index contributed by atoms with van der Waals surface area (Å²) in [7, 11) is 1.91. The van der Waals surface area contributed by atoms with Gasteiger partial charge in [0.15, 0.2) is 5.78 Å². The van der Waals surface area contributed by atoms with Crippen LogP contribution in [0, 0.1) is 12.8 Å². The van der Waals surface area contributed by atoms with Crippen molar-refractivity contribution in [2.75, 3.05) is 6.61 Å². The summed E-state index contributed by atoms with van der Waals surface area (Å²) in [5, 5.41) is 9.05. The van der Waals surface area contributed by atoms with Gasteiger partial charge in [0.25, 0.3) is 0 Å². The van der Waals surface area contributed by atoms with E-state index in [9.17, 15) is 4.79 Å². The molecule has 1 atom stereocenters. The first kappa shape index (κ1) is 9.40. The second-order valence-corrected chi connectivity index (χ2v) is 3.89. The number of imidazole rings is 1. The van der Waals surface area contributed by atoms with Gasteiger partial charge < -0.3 is 9.67 Å². The minimum atomic E-state index is 0.0639. The molecule has 0 aromatic carbocycles. The summed E-state index contributed by atoms with van der Waals surface area (Å²) in [6.45, 7) is 1.97. The molecule has 0 radical (unpaired) electrons. The molecule has 76 valence electrons. The van der Waals surface area contributed by atoms with E-state index >= 15 is 0 Å². The lowest BCUT2D eigenvalue weighted by molar-refractivity contribution is 0.0912. The third-order valence-electron chi connectivity index (χ3n) is 2.92. The number of carbonyl (C=O) groups excluding carboxylic acids is 1. The highest BCUT2D eigenvalue weighted by Gasteiger charge is 2.28. The molecular weight excluding hydrogens is 180 g/mol. The largest absolute Gasteiger partial charge is 0.396 e. The van der Waals surface area contributed by atoms with Crippen LogP contribution < -0.4 is 0 Å². The number of carbonyl (C=O) groups is 1. The average molecular weight is 194 g/mol. The molecule has 0 saturated carbocycles. The molecule has 0 aliphatic heterocycles. The molecule has 0 spiro atoms. The second kappa shape index (κ2) is 3.20. The average Bonchev–Trinajstić information content (AvgIpc) is 2.45. The predicted octanol–water partition coefficient (Wildman–Crippen LogP) is 0.466. The summed E-state index contributed by atoms with van der Waals surface area (Å²) in [6, 6.07) is 0. The zero-order valence-corrected chi connectivity index (χ0v) is 8.45. The number of fused-ring (bicyclic) bond motifs is 1. The predicted molar refractivity (Wildman–Crippen MR) is 51.2 cm³/mol. The molecule has 1 aliphatic rings. The first-order valence-corrected chi connectivity index (χ1v) is 4.79. The number of aryl methyl sites for hydroxylation is 1. The van der Waals surface area contributed by atoms with Gasteiger partial charge in [-0.2, -0.15) is 0 Å². The number of hydrogen-bond donors (Lipinski definition) is 1. The van der Waals surface area contributed by atoms with Gasteiger partial charge in [0.1, 0.15) is 11.5 Å². The second-order valence-electron chi connectivity index (χ2n) is 3.89. The van der Waals surface area contributed by atoms with Crippen LogP contribution in [0.5, 0.6) is 0 Å². The summed E-state index contributed by atoms with van der Waals surface area (Å²) >= 11 is 0. The number of aromatic nitrogens is 2. The fourth-order valence-electron chi connectivity index (χ4n) is 1.95. The Morgan fingerprint density at radius 1 is 1.57 bits per heavy atom. The van der Waals surface area contributed by atoms with E-state index in [1.807, 2.05) is 18.5 Å². The van der Waals surface area contributed by atoms with E-state index in [4.69, 9.17) is 5.11 Å². The number of hydrogen-bond acceptors (Lipinski definition) is 3. The van der Waals surface area contributed by atoms with E-state index in [2.05, 4.69) is 4.98 Å². The van der Waals surface area contributed by atoms with Gasteiger partial charge >= 0.3 is 0 Å². The van der Waals surface area contributed by atoms with Crippen LogP contribution in [0.3, 0.4) is 0 Å². The van der Waals surface area contributed by atoms with Crippen LogP contribution in [0.4, 0.5) is 0 Å². The number of aliphatic hydroxyl groups excluding tert-OH is 1. The van der Waals surface area contributed by atoms with Crippen LogP contribution in [-0.2, 0) is 13.5 Å². The number of nitrogens with zero attached hydrogens (tertiary/aromatic N) is 2. The van der Waals surface area contributed by atoms with E-state index in [1.165, 1.54) is 0 Å². The molecule has 4 nitrogen and oxygen atoms in total. The third kappa shape index (κ3) is 1.26. The number of rotatable bonds is 1. The molecule has 0 amide bonds. The third-order valence-corrected chi connectivity index (χ3v) is 2.92. The van der Waals surface area contributed by atoms with Crippen molar-refractivity contribution in [2.24, 2.45) is 13.0 Å². The monoisotopic (exact) mass is 194 g/mol. The Morgan fingerprint density at radius 3 is 2.93 bits per heavy atom. The molecule has 0 bridgehead atoms. The fourth-order valence-corrected chi connectivity index (χ4v) is 1.95. The minimum absolute atomic E-state index is 0.0639. The smallest absolute Gasteiger partial charge is 0.183 e. The molecular formula is C10H14N2O2.